The van der Waals surface area contributed by atoms with E-state index in [2.05, 4.69) is 25.1 Å². The molecule has 0 aliphatic rings. The lowest BCUT2D eigenvalue weighted by Crippen LogP contribution is -2.05. The van der Waals surface area contributed by atoms with Crippen LogP contribution in [0, 0.1) is 6.92 Å². The second-order valence-corrected chi connectivity index (χ2v) is 4.71. The van der Waals surface area contributed by atoms with E-state index in [0.717, 1.165) is 21.9 Å². The molecule has 18 heavy (non-hydrogen) atoms. The van der Waals surface area contributed by atoms with Crippen LogP contribution in [0.2, 0.25) is 0 Å². The molecule has 2 heterocycles. The Hall–Kier alpha value is -2.23. The summed E-state index contributed by atoms with van der Waals surface area (Å²) in [5, 5.41) is 11.3. The number of carboxylic acids is 1. The highest BCUT2D eigenvalue weighted by Crippen LogP contribution is 2.30. The van der Waals surface area contributed by atoms with E-state index in [0.29, 0.717) is 5.69 Å². The number of carboxylic acid groups (broad SMARTS) is 1. The van der Waals surface area contributed by atoms with E-state index in [1.807, 2.05) is 11.6 Å². The van der Waals surface area contributed by atoms with Crippen molar-refractivity contribution in [3.63, 3.8) is 0 Å². The van der Waals surface area contributed by atoms with Crippen molar-refractivity contribution in [2.75, 3.05) is 0 Å². The molecule has 1 aromatic carbocycles. The number of carbonyl (C=O) groups is 1. The van der Waals surface area contributed by atoms with Gasteiger partial charge in [0.1, 0.15) is 11.3 Å². The Morgan fingerprint density at radius 2 is 1.83 bits per heavy atom. The summed E-state index contributed by atoms with van der Waals surface area (Å²) in [6.07, 6.45) is 0. The molecule has 2 aromatic heterocycles. The predicted molar refractivity (Wildman–Crippen MR) is 71.1 cm³/mol. The van der Waals surface area contributed by atoms with Gasteiger partial charge in [-0.1, -0.05) is 12.1 Å². The maximum absolute atomic E-state index is 11.2. The maximum Gasteiger partial charge on any atom is 0.352 e. The predicted octanol–water partition coefficient (Wildman–Crippen LogP) is 2.68. The molecule has 0 fully saturated rings. The molecule has 0 aliphatic heterocycles. The van der Waals surface area contributed by atoms with Crippen LogP contribution in [0.5, 0.6) is 0 Å². The molecule has 0 bridgehead atoms. The zero-order chi connectivity index (χ0) is 13.0. The molecule has 3 rings (SSSR count). The van der Waals surface area contributed by atoms with Gasteiger partial charge in [0.2, 0.25) is 0 Å². The summed E-state index contributed by atoms with van der Waals surface area (Å²) in [5.41, 5.74) is 3.59. The van der Waals surface area contributed by atoms with E-state index in [4.69, 9.17) is 5.11 Å². The number of nitrogens with zero attached hydrogens (tertiary/aromatic N) is 2. The monoisotopic (exact) mass is 242 g/mol. The highest BCUT2D eigenvalue weighted by molar-refractivity contribution is 6.10. The van der Waals surface area contributed by atoms with Crippen molar-refractivity contribution in [1.29, 1.82) is 0 Å². The van der Waals surface area contributed by atoms with Crippen LogP contribution in [-0.4, -0.2) is 20.2 Å². The van der Waals surface area contributed by atoms with Crippen LogP contribution in [-0.2, 0) is 14.1 Å². The van der Waals surface area contributed by atoms with Crippen molar-refractivity contribution >= 4 is 27.9 Å². The van der Waals surface area contributed by atoms with Gasteiger partial charge >= 0.3 is 5.97 Å². The van der Waals surface area contributed by atoms with Crippen molar-refractivity contribution in [3.8, 4) is 0 Å². The maximum atomic E-state index is 11.2. The van der Waals surface area contributed by atoms with Gasteiger partial charge in [0, 0.05) is 24.9 Å². The minimum absolute atomic E-state index is 0.318. The Kier molecular flexibility index (Phi) is 2.05. The lowest BCUT2D eigenvalue weighted by molar-refractivity contribution is 0.0687. The quantitative estimate of drug-likeness (QED) is 0.713. The van der Waals surface area contributed by atoms with Crippen LogP contribution >= 0.6 is 0 Å². The van der Waals surface area contributed by atoms with Crippen molar-refractivity contribution in [3.05, 3.63) is 35.5 Å². The number of aromatic carboxylic acids is 1. The molecule has 0 atom stereocenters. The summed E-state index contributed by atoms with van der Waals surface area (Å²) in [6, 6.07) is 7.97. The van der Waals surface area contributed by atoms with Gasteiger partial charge in [-0.05, 0) is 24.6 Å². The Balaban J connectivity index is 2.53. The fraction of sp³-hybridized carbons (Fsp3) is 0.214. The van der Waals surface area contributed by atoms with E-state index in [1.54, 1.807) is 17.7 Å². The molecule has 1 N–H and O–H groups in total. The molecule has 0 amide bonds. The van der Waals surface area contributed by atoms with Crippen LogP contribution in [0.1, 0.15) is 16.1 Å². The summed E-state index contributed by atoms with van der Waals surface area (Å²) in [4.78, 5) is 11.2. The topological polar surface area (TPSA) is 47.2 Å². The van der Waals surface area contributed by atoms with Crippen LogP contribution in [0.25, 0.3) is 21.9 Å². The minimum Gasteiger partial charge on any atom is -0.477 e. The second-order valence-electron chi connectivity index (χ2n) is 4.71. The molecule has 3 aromatic rings. The summed E-state index contributed by atoms with van der Waals surface area (Å²) in [6.45, 7) is 2.06. The van der Waals surface area contributed by atoms with E-state index in [1.165, 1.54) is 5.56 Å². The van der Waals surface area contributed by atoms with Crippen LogP contribution < -0.4 is 0 Å². The Bertz CT molecular complexity index is 793. The van der Waals surface area contributed by atoms with E-state index in [9.17, 15) is 4.79 Å². The second kappa shape index (κ2) is 3.38. The number of aryl methyl sites for hydroxylation is 3. The summed E-state index contributed by atoms with van der Waals surface area (Å²) < 4.78 is 3.77. The van der Waals surface area contributed by atoms with E-state index in [-0.39, 0.29) is 0 Å². The zero-order valence-corrected chi connectivity index (χ0v) is 10.6. The third-order valence-corrected chi connectivity index (χ3v) is 3.54. The van der Waals surface area contributed by atoms with Crippen molar-refractivity contribution in [1.82, 2.24) is 9.13 Å². The average molecular weight is 242 g/mol. The first-order valence-corrected chi connectivity index (χ1v) is 5.78. The van der Waals surface area contributed by atoms with Crippen molar-refractivity contribution in [2.45, 2.75) is 6.92 Å². The summed E-state index contributed by atoms with van der Waals surface area (Å²) in [5.74, 6) is -0.894. The normalized spacial score (nSPS) is 11.5. The fourth-order valence-corrected chi connectivity index (χ4v) is 2.66. The number of benzene rings is 1. The van der Waals surface area contributed by atoms with Crippen LogP contribution in [0.15, 0.2) is 24.3 Å². The number of rotatable bonds is 1. The highest BCUT2D eigenvalue weighted by atomic mass is 16.4. The molecule has 92 valence electrons. The highest BCUT2D eigenvalue weighted by Gasteiger charge is 2.17. The Morgan fingerprint density at radius 1 is 1.11 bits per heavy atom. The molecule has 0 saturated heterocycles. The molecule has 0 radical (unpaired) electrons. The van der Waals surface area contributed by atoms with Crippen LogP contribution in [0.4, 0.5) is 0 Å². The minimum atomic E-state index is -0.894. The van der Waals surface area contributed by atoms with Gasteiger partial charge in [0.15, 0.2) is 0 Å². The third kappa shape index (κ3) is 1.23. The smallest absolute Gasteiger partial charge is 0.352 e. The number of aromatic nitrogens is 2. The van der Waals surface area contributed by atoms with Gasteiger partial charge in [-0.25, -0.2) is 4.79 Å². The van der Waals surface area contributed by atoms with Gasteiger partial charge < -0.3 is 14.2 Å². The molecule has 4 nitrogen and oxygen atoms in total. The van der Waals surface area contributed by atoms with Gasteiger partial charge in [-0.2, -0.15) is 0 Å². The third-order valence-electron chi connectivity index (χ3n) is 3.54. The zero-order valence-electron chi connectivity index (χ0n) is 10.6. The first-order valence-electron chi connectivity index (χ1n) is 5.78. The SMILES string of the molecule is Cc1ccc2c3cc(C(=O)O)n(C)c3n(C)c2c1. The lowest BCUT2D eigenvalue weighted by Gasteiger charge is -2.03. The molecule has 0 aliphatic carbocycles. The first-order chi connectivity index (χ1) is 8.50. The summed E-state index contributed by atoms with van der Waals surface area (Å²) in [7, 11) is 3.76. The van der Waals surface area contributed by atoms with Gasteiger partial charge in [0.25, 0.3) is 0 Å². The van der Waals surface area contributed by atoms with Crippen molar-refractivity contribution < 1.29 is 9.90 Å². The Morgan fingerprint density at radius 3 is 2.50 bits per heavy atom. The summed E-state index contributed by atoms with van der Waals surface area (Å²) >= 11 is 0. The number of hydrogen-bond donors (Lipinski definition) is 1. The van der Waals surface area contributed by atoms with Gasteiger partial charge in [0.05, 0.1) is 5.52 Å². The molecular weight excluding hydrogens is 228 g/mol. The number of hydrogen-bond acceptors (Lipinski definition) is 1. The average Bonchev–Trinajstić information content (AvgIpc) is 2.78. The molecular formula is C14H14N2O2. The van der Waals surface area contributed by atoms with E-state index >= 15 is 0 Å². The molecule has 0 saturated carbocycles. The van der Waals surface area contributed by atoms with Gasteiger partial charge in [-0.15, -0.1) is 0 Å². The molecule has 4 heteroatoms. The largest absolute Gasteiger partial charge is 0.477 e. The standard InChI is InChI=1S/C14H14N2O2/c1-8-4-5-9-10-7-12(14(17)18)16(3)13(10)15(2)11(9)6-8/h4-7H,1-3H3,(H,17,18). The lowest BCUT2D eigenvalue weighted by atomic mass is 10.1. The van der Waals surface area contributed by atoms with Gasteiger partial charge in [-0.3, -0.25) is 0 Å². The molecule has 0 spiro atoms. The van der Waals surface area contributed by atoms with Crippen molar-refractivity contribution in [2.24, 2.45) is 14.1 Å². The Labute approximate surface area is 104 Å². The number of fused-ring (bicyclic) bond motifs is 3. The first kappa shape index (κ1) is 10.9. The molecule has 0 unspecified atom stereocenters. The van der Waals surface area contributed by atoms with E-state index < -0.39 is 5.97 Å². The van der Waals surface area contributed by atoms with Crippen LogP contribution in [0.3, 0.4) is 0 Å². The fourth-order valence-electron chi connectivity index (χ4n) is 2.66.